The lowest BCUT2D eigenvalue weighted by Crippen LogP contribution is -2.06. The van der Waals surface area contributed by atoms with Crippen LogP contribution in [0.25, 0.3) is 6.08 Å². The summed E-state index contributed by atoms with van der Waals surface area (Å²) >= 11 is 4.30. The number of nitrogens with zero attached hydrogens (tertiary/aromatic N) is 1. The van der Waals surface area contributed by atoms with E-state index < -0.39 is 11.9 Å². The largest absolute Gasteiger partial charge is 0.490 e. The van der Waals surface area contributed by atoms with Crippen LogP contribution in [-0.4, -0.2) is 24.4 Å². The van der Waals surface area contributed by atoms with E-state index in [4.69, 9.17) is 14.2 Å². The molecule has 29 heavy (non-hydrogen) atoms. The van der Waals surface area contributed by atoms with E-state index in [1.807, 2.05) is 32.0 Å². The van der Waals surface area contributed by atoms with Crippen molar-refractivity contribution < 1.29 is 23.8 Å². The fourth-order valence-corrected chi connectivity index (χ4v) is 3.72. The molecule has 0 aliphatic carbocycles. The van der Waals surface area contributed by atoms with Gasteiger partial charge in [0.05, 0.1) is 10.2 Å². The second-order valence-electron chi connectivity index (χ2n) is 6.16. The summed E-state index contributed by atoms with van der Waals surface area (Å²) in [5.41, 5.74) is 2.70. The van der Waals surface area contributed by atoms with E-state index in [0.717, 1.165) is 14.7 Å². The van der Waals surface area contributed by atoms with Gasteiger partial charge in [-0.1, -0.05) is 0 Å². The molecule has 0 N–H and O–H groups in total. The smallest absolute Gasteiger partial charge is 0.363 e. The number of esters is 2. The molecule has 0 atom stereocenters. The maximum Gasteiger partial charge on any atom is 0.363 e. The molecule has 0 amide bonds. The molecule has 0 spiro atoms. The molecule has 0 radical (unpaired) electrons. The van der Waals surface area contributed by atoms with Gasteiger partial charge in [0.25, 0.3) is 0 Å². The van der Waals surface area contributed by atoms with Gasteiger partial charge in [-0.2, -0.15) is 0 Å². The van der Waals surface area contributed by atoms with Crippen LogP contribution in [0, 0.1) is 14.1 Å². The fraction of sp³-hybridized carbons (Fsp3) is 0.190. The number of carbonyl (C=O) groups is 2. The van der Waals surface area contributed by atoms with E-state index >= 15 is 0 Å². The summed E-state index contributed by atoms with van der Waals surface area (Å²) in [4.78, 5) is 28.0. The van der Waals surface area contributed by atoms with Crippen molar-refractivity contribution in [2.24, 2.45) is 4.99 Å². The average Bonchev–Trinajstić information content (AvgIpc) is 3.01. The van der Waals surface area contributed by atoms with Crippen LogP contribution in [-0.2, 0) is 14.3 Å². The van der Waals surface area contributed by atoms with E-state index in [1.54, 1.807) is 18.2 Å². The van der Waals surface area contributed by atoms with Crippen LogP contribution >= 0.6 is 45.2 Å². The Bertz CT molecular complexity index is 1060. The molecule has 3 rings (SSSR count). The van der Waals surface area contributed by atoms with Crippen LogP contribution in [0.3, 0.4) is 0 Å². The van der Waals surface area contributed by atoms with Gasteiger partial charge in [0.2, 0.25) is 5.90 Å². The number of benzene rings is 2. The second kappa shape index (κ2) is 9.24. The zero-order valence-electron chi connectivity index (χ0n) is 15.9. The van der Waals surface area contributed by atoms with Crippen molar-refractivity contribution in [1.82, 2.24) is 0 Å². The van der Waals surface area contributed by atoms with Crippen LogP contribution in [0.5, 0.6) is 11.5 Å². The lowest BCUT2D eigenvalue weighted by Gasteiger charge is -2.12. The molecule has 8 heteroatoms. The number of hydrogen-bond acceptors (Lipinski definition) is 6. The van der Waals surface area contributed by atoms with Gasteiger partial charge in [-0.15, -0.1) is 0 Å². The number of rotatable bonds is 5. The van der Waals surface area contributed by atoms with E-state index in [0.29, 0.717) is 27.2 Å². The number of aryl methyl sites for hydroxylation is 1. The van der Waals surface area contributed by atoms with Crippen molar-refractivity contribution in [3.05, 3.63) is 59.9 Å². The van der Waals surface area contributed by atoms with Crippen LogP contribution in [0.15, 0.2) is 41.0 Å². The fourth-order valence-electron chi connectivity index (χ4n) is 2.65. The van der Waals surface area contributed by atoms with E-state index in [-0.39, 0.29) is 11.6 Å². The lowest BCUT2D eigenvalue weighted by molar-refractivity contribution is -0.132. The van der Waals surface area contributed by atoms with Gasteiger partial charge in [0.15, 0.2) is 17.2 Å². The predicted octanol–water partition coefficient (Wildman–Crippen LogP) is 4.87. The maximum absolute atomic E-state index is 12.3. The summed E-state index contributed by atoms with van der Waals surface area (Å²) in [5, 5.41) is 0. The highest BCUT2D eigenvalue weighted by Gasteiger charge is 2.25. The Hall–Kier alpha value is -1.95. The molecule has 0 fully saturated rings. The highest BCUT2D eigenvalue weighted by atomic mass is 127. The summed E-state index contributed by atoms with van der Waals surface area (Å²) < 4.78 is 18.0. The molecule has 2 aromatic rings. The molecule has 0 unspecified atom stereocenters. The number of halogens is 2. The van der Waals surface area contributed by atoms with Crippen LogP contribution < -0.4 is 9.47 Å². The summed E-state index contributed by atoms with van der Waals surface area (Å²) in [6.45, 7) is 5.56. The van der Waals surface area contributed by atoms with Crippen LogP contribution in [0.4, 0.5) is 0 Å². The first kappa shape index (κ1) is 21.8. The molecule has 0 saturated heterocycles. The Balaban J connectivity index is 1.98. The van der Waals surface area contributed by atoms with Crippen molar-refractivity contribution in [2.45, 2.75) is 20.8 Å². The molecule has 0 aromatic heterocycles. The third-order valence-corrected chi connectivity index (χ3v) is 5.92. The Morgan fingerprint density at radius 2 is 1.97 bits per heavy atom. The van der Waals surface area contributed by atoms with Gasteiger partial charge in [-0.05, 0) is 107 Å². The molecule has 1 heterocycles. The molecular formula is C21H17I2NO5. The third kappa shape index (κ3) is 5.16. The molecule has 1 aliphatic heterocycles. The average molecular weight is 617 g/mol. The number of carbonyl (C=O) groups excluding carboxylic acids is 2. The van der Waals surface area contributed by atoms with Gasteiger partial charge < -0.3 is 14.2 Å². The Morgan fingerprint density at radius 1 is 1.21 bits per heavy atom. The minimum atomic E-state index is -0.520. The maximum atomic E-state index is 12.3. The van der Waals surface area contributed by atoms with Crippen molar-refractivity contribution in [3.8, 4) is 11.5 Å². The molecular weight excluding hydrogens is 600 g/mol. The van der Waals surface area contributed by atoms with Crippen molar-refractivity contribution in [3.63, 3.8) is 0 Å². The van der Waals surface area contributed by atoms with E-state index in [9.17, 15) is 9.59 Å². The molecule has 6 nitrogen and oxygen atoms in total. The zero-order chi connectivity index (χ0) is 21.1. The first-order valence-electron chi connectivity index (χ1n) is 8.72. The predicted molar refractivity (Wildman–Crippen MR) is 126 cm³/mol. The molecule has 150 valence electrons. The van der Waals surface area contributed by atoms with E-state index in [1.165, 1.54) is 6.92 Å². The normalized spacial score (nSPS) is 14.6. The molecule has 1 aliphatic rings. The number of ether oxygens (including phenoxy) is 3. The SMILES string of the molecule is CCOc1cc(/C=C2\N=C(c3ccc(I)c(C)c3)OC2=O)cc(I)c1OC(C)=O. The van der Waals surface area contributed by atoms with Gasteiger partial charge in [0.1, 0.15) is 0 Å². The summed E-state index contributed by atoms with van der Waals surface area (Å²) in [6, 6.07) is 9.24. The first-order chi connectivity index (χ1) is 13.8. The minimum Gasteiger partial charge on any atom is -0.490 e. The summed E-state index contributed by atoms with van der Waals surface area (Å²) in [7, 11) is 0. The number of aliphatic imine (C=N–C) groups is 1. The van der Waals surface area contributed by atoms with Crippen LogP contribution in [0.2, 0.25) is 0 Å². The highest BCUT2D eigenvalue weighted by Crippen LogP contribution is 2.35. The molecule has 2 aromatic carbocycles. The van der Waals surface area contributed by atoms with Crippen LogP contribution in [0.1, 0.15) is 30.5 Å². The Morgan fingerprint density at radius 3 is 2.62 bits per heavy atom. The minimum absolute atomic E-state index is 0.190. The standard InChI is InChI=1S/C21H17I2NO5/c1-4-27-18-10-13(8-16(23)19(18)28-12(3)25)9-17-21(26)29-20(24-17)14-5-6-15(22)11(2)7-14/h5-10H,4H2,1-3H3/b17-9-. The molecule has 0 bridgehead atoms. The Labute approximate surface area is 195 Å². The van der Waals surface area contributed by atoms with Crippen molar-refractivity contribution in [2.75, 3.05) is 6.61 Å². The van der Waals surface area contributed by atoms with Gasteiger partial charge >= 0.3 is 11.9 Å². The number of cyclic esters (lactones) is 1. The quantitative estimate of drug-likeness (QED) is 0.207. The highest BCUT2D eigenvalue weighted by molar-refractivity contribution is 14.1. The van der Waals surface area contributed by atoms with Gasteiger partial charge in [0, 0.05) is 16.1 Å². The lowest BCUT2D eigenvalue weighted by atomic mass is 10.1. The number of hydrogen-bond donors (Lipinski definition) is 0. The zero-order valence-corrected chi connectivity index (χ0v) is 20.2. The van der Waals surface area contributed by atoms with Gasteiger partial charge in [-0.3, -0.25) is 4.79 Å². The van der Waals surface area contributed by atoms with E-state index in [2.05, 4.69) is 50.2 Å². The van der Waals surface area contributed by atoms with Crippen molar-refractivity contribution >= 4 is 69.1 Å². The van der Waals surface area contributed by atoms with Gasteiger partial charge in [-0.25, -0.2) is 9.79 Å². The summed E-state index contributed by atoms with van der Waals surface area (Å²) in [5.74, 6) is 0.0987. The molecule has 0 saturated carbocycles. The third-order valence-electron chi connectivity index (χ3n) is 3.91. The van der Waals surface area contributed by atoms with Crippen molar-refractivity contribution in [1.29, 1.82) is 0 Å². The first-order valence-corrected chi connectivity index (χ1v) is 10.9. The second-order valence-corrected chi connectivity index (χ2v) is 8.48. The summed E-state index contributed by atoms with van der Waals surface area (Å²) in [6.07, 6.45) is 1.62. The monoisotopic (exact) mass is 617 g/mol. The Kier molecular flexibility index (Phi) is 6.93. The topological polar surface area (TPSA) is 74.2 Å².